The molecule has 9 heteroatoms. The van der Waals surface area contributed by atoms with Crippen LogP contribution >= 0.6 is 23.2 Å². The van der Waals surface area contributed by atoms with Gasteiger partial charge in [-0.15, -0.1) is 0 Å². The van der Waals surface area contributed by atoms with Gasteiger partial charge in [0.05, 0.1) is 0 Å². The number of ether oxygens (including phenoxy) is 1. The summed E-state index contributed by atoms with van der Waals surface area (Å²) in [4.78, 5) is 12.5. The van der Waals surface area contributed by atoms with Crippen LogP contribution in [0, 0.1) is 26.8 Å². The van der Waals surface area contributed by atoms with Gasteiger partial charge in [0.25, 0.3) is 0 Å². The molecule has 0 radical (unpaired) electrons. The number of carbonyl (C=O) groups is 1. The molecule has 0 aliphatic rings. The molecule has 0 aliphatic heterocycles. The van der Waals surface area contributed by atoms with Crippen LogP contribution in [0.4, 0.5) is 17.6 Å². The van der Waals surface area contributed by atoms with Gasteiger partial charge in [-0.1, -0.05) is 11.6 Å². The molecule has 2 nitrogen and oxygen atoms in total. The van der Waals surface area contributed by atoms with Crippen LogP contribution in [-0.4, -0.2) is 10.4 Å². The molecule has 37 heavy (non-hydrogen) atoms. The number of hydrogen-bond donors (Lipinski definition) is 0. The van der Waals surface area contributed by atoms with Crippen molar-refractivity contribution in [2.75, 3.05) is 4.43 Å². The Morgan fingerprint density at radius 1 is 0.784 bits per heavy atom. The van der Waals surface area contributed by atoms with Crippen molar-refractivity contribution in [3.05, 3.63) is 109 Å². The molecule has 0 spiro atoms. The number of alkyl halides is 1. The first-order valence-electron chi connectivity index (χ1n) is 11.0. The Morgan fingerprint density at radius 3 is 2.00 bits per heavy atom. The summed E-state index contributed by atoms with van der Waals surface area (Å²) in [6.07, 6.45) is 1.15. The molecule has 4 aromatic rings. The average Bonchev–Trinajstić information content (AvgIpc) is 2.85. The second-order valence-electron chi connectivity index (χ2n) is 7.93. The Morgan fingerprint density at radius 2 is 1.41 bits per heavy atom. The molecule has 0 unspecified atom stereocenters. The third-order valence-electron chi connectivity index (χ3n) is 5.31. The number of carbonyl (C=O) groups excluding carboxylic acids is 1. The van der Waals surface area contributed by atoms with Gasteiger partial charge in [-0.25, -0.2) is 13.6 Å². The van der Waals surface area contributed by atoms with Gasteiger partial charge in [-0.05, 0) is 0 Å². The molecule has 0 N–H and O–H groups in total. The number of hydrogen-bond acceptors (Lipinski definition) is 2. The van der Waals surface area contributed by atoms with E-state index in [-0.39, 0.29) is 37.4 Å². The van der Waals surface area contributed by atoms with Crippen LogP contribution in [0.3, 0.4) is 0 Å². The van der Waals surface area contributed by atoms with E-state index >= 15 is 4.39 Å². The minimum atomic E-state index is -1.28. The van der Waals surface area contributed by atoms with Crippen molar-refractivity contribution in [2.24, 2.45) is 0 Å². The zero-order valence-corrected chi connectivity index (χ0v) is 22.9. The molecule has 0 atom stereocenters. The average molecular weight is 660 g/mol. The Hall–Kier alpha value is -2.62. The standard InChI is InChI=1S/C28H18Cl2F4IO2/c1-2-9-35-18-6-3-15(4-7-18)16-5-8-20(22(31)11-16)17-10-21(29)26(23(32)12-17)28(36)37-19-13-24(33)27(30)25(34)14-19/h3-8,10-14H,2,9H2,1H3/q-1. The predicted octanol–water partition coefficient (Wildman–Crippen LogP) is 5.77. The van der Waals surface area contributed by atoms with Crippen molar-refractivity contribution in [1.29, 1.82) is 0 Å². The molecule has 0 aliphatic carbocycles. The van der Waals surface area contributed by atoms with Crippen LogP contribution in [0.1, 0.15) is 23.7 Å². The molecule has 4 aromatic carbocycles. The number of rotatable bonds is 7. The Kier molecular flexibility index (Phi) is 8.77. The fraction of sp³-hybridized carbons (Fsp3) is 0.107. The van der Waals surface area contributed by atoms with Gasteiger partial charge >= 0.3 is 168 Å². The van der Waals surface area contributed by atoms with Gasteiger partial charge in [-0.2, -0.15) is 0 Å². The number of benzene rings is 4. The summed E-state index contributed by atoms with van der Waals surface area (Å²) < 4.78 is 64.6. The van der Waals surface area contributed by atoms with E-state index in [0.29, 0.717) is 17.7 Å². The molecular weight excluding hydrogens is 642 g/mol. The predicted molar refractivity (Wildman–Crippen MR) is 132 cm³/mol. The van der Waals surface area contributed by atoms with Crippen molar-refractivity contribution < 1.29 is 48.3 Å². The van der Waals surface area contributed by atoms with Gasteiger partial charge in [0, 0.05) is 12.1 Å². The molecule has 0 bridgehead atoms. The van der Waals surface area contributed by atoms with Gasteiger partial charge in [-0.3, -0.25) is 0 Å². The van der Waals surface area contributed by atoms with Crippen LogP contribution in [0.15, 0.2) is 66.7 Å². The van der Waals surface area contributed by atoms with Crippen LogP contribution in [0.5, 0.6) is 5.75 Å². The van der Waals surface area contributed by atoms with Crippen LogP contribution in [0.2, 0.25) is 10.0 Å². The van der Waals surface area contributed by atoms with Crippen molar-refractivity contribution in [2.45, 2.75) is 13.3 Å². The molecule has 192 valence electrons. The minimum absolute atomic E-state index is 0.0260. The van der Waals surface area contributed by atoms with Crippen LogP contribution < -0.4 is 25.9 Å². The summed E-state index contributed by atoms with van der Waals surface area (Å²) in [6, 6.07) is 16.1. The summed E-state index contributed by atoms with van der Waals surface area (Å²) in [5.41, 5.74) is 1.04. The molecule has 4 rings (SSSR count). The first-order valence-corrected chi connectivity index (χ1v) is 14.4. The summed E-state index contributed by atoms with van der Waals surface area (Å²) in [6.45, 7) is 2.16. The molecular formula is C28H18Cl2F4IO2-. The fourth-order valence-corrected chi connectivity index (χ4v) is 5.96. The SMILES string of the molecule is CCC[I-]c1ccc(-c2ccc(-c3cc(F)c(C(=O)Oc4cc(F)c(Cl)c(F)c4)c(Cl)c3)c(F)c2)cc1. The summed E-state index contributed by atoms with van der Waals surface area (Å²) >= 11 is 11.5. The monoisotopic (exact) mass is 659 g/mol. The molecule has 0 heterocycles. The molecule has 0 fully saturated rings. The van der Waals surface area contributed by atoms with E-state index in [0.717, 1.165) is 18.1 Å². The second kappa shape index (κ2) is 11.8. The van der Waals surface area contributed by atoms with E-state index in [4.69, 9.17) is 27.9 Å². The zero-order chi connectivity index (χ0) is 26.7. The molecule has 0 aromatic heterocycles. The van der Waals surface area contributed by atoms with Gasteiger partial charge in [0.15, 0.2) is 0 Å². The molecule has 0 saturated heterocycles. The Bertz CT molecular complexity index is 1430. The summed E-state index contributed by atoms with van der Waals surface area (Å²) in [5.74, 6) is -5.80. The van der Waals surface area contributed by atoms with Crippen molar-refractivity contribution >= 4 is 29.2 Å². The quantitative estimate of drug-likeness (QED) is 0.0629. The fourth-order valence-electron chi connectivity index (χ4n) is 3.54. The normalized spacial score (nSPS) is 11.1. The van der Waals surface area contributed by atoms with E-state index in [2.05, 4.69) is 19.1 Å². The molecule has 0 saturated carbocycles. The van der Waals surface area contributed by atoms with Gasteiger partial charge in [0.2, 0.25) is 0 Å². The maximum atomic E-state index is 15.1. The van der Waals surface area contributed by atoms with Crippen LogP contribution in [-0.2, 0) is 0 Å². The maximum absolute atomic E-state index is 15.1. The van der Waals surface area contributed by atoms with E-state index in [1.807, 2.05) is 12.1 Å². The molecule has 0 amide bonds. The zero-order valence-electron chi connectivity index (χ0n) is 19.2. The van der Waals surface area contributed by atoms with E-state index in [9.17, 15) is 18.0 Å². The van der Waals surface area contributed by atoms with Crippen molar-refractivity contribution in [3.8, 4) is 28.0 Å². The number of halogens is 7. The second-order valence-corrected chi connectivity index (χ2v) is 11.8. The van der Waals surface area contributed by atoms with Gasteiger partial charge < -0.3 is 4.74 Å². The first kappa shape index (κ1) is 27.4. The third-order valence-corrected chi connectivity index (χ3v) is 9.19. The van der Waals surface area contributed by atoms with Gasteiger partial charge in [0.1, 0.15) is 22.4 Å². The van der Waals surface area contributed by atoms with E-state index in [1.165, 1.54) is 26.2 Å². The van der Waals surface area contributed by atoms with Crippen LogP contribution in [0.25, 0.3) is 22.3 Å². The van der Waals surface area contributed by atoms with Crippen molar-refractivity contribution in [3.63, 3.8) is 0 Å². The topological polar surface area (TPSA) is 26.3 Å². The van der Waals surface area contributed by atoms with E-state index < -0.39 is 45.6 Å². The third kappa shape index (κ3) is 6.27. The summed E-state index contributed by atoms with van der Waals surface area (Å²) in [5, 5.41) is -1.13. The first-order chi connectivity index (χ1) is 17.7. The summed E-state index contributed by atoms with van der Waals surface area (Å²) in [7, 11) is 0. The van der Waals surface area contributed by atoms with Crippen molar-refractivity contribution in [1.82, 2.24) is 0 Å². The van der Waals surface area contributed by atoms with E-state index in [1.54, 1.807) is 6.07 Å². The Labute approximate surface area is 231 Å². The number of esters is 1. The Balaban J connectivity index is 1.58.